The van der Waals surface area contributed by atoms with Gasteiger partial charge in [0.2, 0.25) is 0 Å². The number of morpholine rings is 1. The monoisotopic (exact) mass is 511 g/mol. The highest BCUT2D eigenvalue weighted by molar-refractivity contribution is 6.02. The van der Waals surface area contributed by atoms with E-state index in [1.54, 1.807) is 18.2 Å². The average Bonchev–Trinajstić information content (AvgIpc) is 3.42. The van der Waals surface area contributed by atoms with Gasteiger partial charge in [-0.1, -0.05) is 47.7 Å². The molecule has 37 heavy (non-hydrogen) atoms. The van der Waals surface area contributed by atoms with Crippen molar-refractivity contribution in [3.63, 3.8) is 0 Å². The molecule has 8 nitrogen and oxygen atoms in total. The molecule has 2 N–H and O–H groups in total. The second-order valence-electron chi connectivity index (χ2n) is 8.62. The number of benzene rings is 2. The normalized spacial score (nSPS) is 21.2. The molecule has 1 aliphatic carbocycles. The van der Waals surface area contributed by atoms with E-state index in [9.17, 15) is 18.0 Å². The minimum atomic E-state index is -2.92. The fourth-order valence-electron chi connectivity index (χ4n) is 4.41. The van der Waals surface area contributed by atoms with Gasteiger partial charge >= 0.3 is 6.61 Å². The molecule has 2 aromatic carbocycles. The minimum Gasteiger partial charge on any atom is -0.435 e. The standard InChI is InChI=1S/C26H24F3N5O3/c27-20-14-17(23-15-30-12-13-36-23)4-9-21(20)31-24(35)22-16-34(33-32-22)26(10-2-1-3-11-26)18-5-7-19(8-6-18)37-25(28)29/h1-10,14,16,23,25,30H,11-13,15H2,(H,31,35)/t23?,26-/m1/s1. The van der Waals surface area contributed by atoms with E-state index in [-0.39, 0.29) is 23.2 Å². The topological polar surface area (TPSA) is 90.3 Å². The Bertz CT molecular complexity index is 1320. The van der Waals surface area contributed by atoms with E-state index in [0.717, 1.165) is 12.1 Å². The van der Waals surface area contributed by atoms with E-state index in [4.69, 9.17) is 4.74 Å². The summed E-state index contributed by atoms with van der Waals surface area (Å²) < 4.78 is 51.5. The second-order valence-corrected chi connectivity index (χ2v) is 8.62. The Balaban J connectivity index is 1.35. The molecule has 192 valence electrons. The number of carbonyl (C=O) groups excluding carboxylic acids is 1. The molecular formula is C26H24F3N5O3. The molecule has 0 radical (unpaired) electrons. The number of anilines is 1. The summed E-state index contributed by atoms with van der Waals surface area (Å²) in [6.45, 7) is -1.05. The van der Waals surface area contributed by atoms with Crippen LogP contribution in [-0.2, 0) is 10.3 Å². The summed E-state index contributed by atoms with van der Waals surface area (Å²) >= 11 is 0. The third-order valence-corrected chi connectivity index (χ3v) is 6.30. The summed E-state index contributed by atoms with van der Waals surface area (Å²) in [7, 11) is 0. The van der Waals surface area contributed by atoms with Crippen LogP contribution in [0.1, 0.15) is 34.1 Å². The van der Waals surface area contributed by atoms with E-state index in [0.29, 0.717) is 25.1 Å². The number of hydrogen-bond donors (Lipinski definition) is 2. The zero-order valence-electron chi connectivity index (χ0n) is 19.6. The molecular weight excluding hydrogens is 487 g/mol. The number of carbonyl (C=O) groups is 1. The van der Waals surface area contributed by atoms with Crippen molar-refractivity contribution in [2.24, 2.45) is 0 Å². The number of hydrogen-bond acceptors (Lipinski definition) is 6. The summed E-state index contributed by atoms with van der Waals surface area (Å²) in [5.41, 5.74) is 0.565. The number of ether oxygens (including phenoxy) is 2. The van der Waals surface area contributed by atoms with Gasteiger partial charge in [-0.05, 0) is 41.8 Å². The van der Waals surface area contributed by atoms with Crippen molar-refractivity contribution in [1.29, 1.82) is 0 Å². The van der Waals surface area contributed by atoms with Crippen molar-refractivity contribution >= 4 is 11.6 Å². The number of alkyl halides is 2. The first kappa shape index (κ1) is 24.7. The quantitative estimate of drug-likeness (QED) is 0.495. The first-order valence-corrected chi connectivity index (χ1v) is 11.7. The summed E-state index contributed by atoms with van der Waals surface area (Å²) in [6.07, 6.45) is 9.21. The first-order valence-electron chi connectivity index (χ1n) is 11.7. The Hall–Kier alpha value is -3.96. The van der Waals surface area contributed by atoms with Gasteiger partial charge in [0.05, 0.1) is 24.6 Å². The van der Waals surface area contributed by atoms with Gasteiger partial charge in [-0.25, -0.2) is 9.07 Å². The Morgan fingerprint density at radius 3 is 2.73 bits per heavy atom. The molecule has 1 unspecified atom stereocenters. The van der Waals surface area contributed by atoms with Crippen LogP contribution in [0.3, 0.4) is 0 Å². The van der Waals surface area contributed by atoms with Crippen molar-refractivity contribution in [3.05, 3.63) is 95.6 Å². The lowest BCUT2D eigenvalue weighted by Crippen LogP contribution is -2.34. The second kappa shape index (κ2) is 10.6. The molecule has 5 rings (SSSR count). The number of rotatable bonds is 7. The molecule has 0 saturated carbocycles. The van der Waals surface area contributed by atoms with E-state index in [1.165, 1.54) is 35.1 Å². The SMILES string of the molecule is O=C(Nc1ccc(C2CNCCO2)cc1F)c1cn([C@]2(c3ccc(OC(F)F)cc3)C=CC=CC2)nn1. The molecule has 11 heteroatoms. The van der Waals surface area contributed by atoms with Gasteiger partial charge in [-0.15, -0.1) is 5.10 Å². The van der Waals surface area contributed by atoms with Crippen LogP contribution >= 0.6 is 0 Å². The summed E-state index contributed by atoms with van der Waals surface area (Å²) in [6, 6.07) is 10.8. The highest BCUT2D eigenvalue weighted by Gasteiger charge is 2.34. The van der Waals surface area contributed by atoms with E-state index in [2.05, 4.69) is 25.7 Å². The molecule has 2 aliphatic rings. The predicted molar refractivity (Wildman–Crippen MR) is 129 cm³/mol. The van der Waals surface area contributed by atoms with Gasteiger partial charge in [-0.2, -0.15) is 8.78 Å². The van der Waals surface area contributed by atoms with Crippen molar-refractivity contribution in [2.45, 2.75) is 24.7 Å². The van der Waals surface area contributed by atoms with Crippen LogP contribution < -0.4 is 15.4 Å². The highest BCUT2D eigenvalue weighted by atomic mass is 19.3. The average molecular weight is 512 g/mol. The van der Waals surface area contributed by atoms with E-state index in [1.807, 2.05) is 24.3 Å². The fraction of sp³-hybridized carbons (Fsp3) is 0.269. The van der Waals surface area contributed by atoms with E-state index < -0.39 is 23.9 Å². The van der Waals surface area contributed by atoms with Crippen LogP contribution in [0, 0.1) is 5.82 Å². The lowest BCUT2D eigenvalue weighted by Gasteiger charge is -2.32. The predicted octanol–water partition coefficient (Wildman–Crippen LogP) is 4.19. The maximum absolute atomic E-state index is 14.8. The fourth-order valence-corrected chi connectivity index (χ4v) is 4.41. The Morgan fingerprint density at radius 2 is 2.05 bits per heavy atom. The molecule has 2 heterocycles. The van der Waals surface area contributed by atoms with Gasteiger partial charge in [0.25, 0.3) is 5.91 Å². The van der Waals surface area contributed by atoms with Crippen LogP contribution in [0.25, 0.3) is 0 Å². The van der Waals surface area contributed by atoms with Crippen molar-refractivity contribution < 1.29 is 27.4 Å². The van der Waals surface area contributed by atoms with E-state index >= 15 is 0 Å². The molecule has 1 aromatic heterocycles. The molecule has 2 atom stereocenters. The largest absolute Gasteiger partial charge is 0.435 e. The maximum Gasteiger partial charge on any atom is 0.387 e. The van der Waals surface area contributed by atoms with Crippen LogP contribution in [0.2, 0.25) is 0 Å². The zero-order valence-corrected chi connectivity index (χ0v) is 19.6. The van der Waals surface area contributed by atoms with Gasteiger partial charge in [-0.3, -0.25) is 4.79 Å². The molecule has 0 bridgehead atoms. The Kier molecular flexibility index (Phi) is 7.06. The Morgan fingerprint density at radius 1 is 1.22 bits per heavy atom. The summed E-state index contributed by atoms with van der Waals surface area (Å²) in [4.78, 5) is 12.9. The number of amides is 1. The van der Waals surface area contributed by atoms with Gasteiger partial charge in [0.15, 0.2) is 5.69 Å². The molecule has 1 saturated heterocycles. The lowest BCUT2D eigenvalue weighted by molar-refractivity contribution is -0.0498. The van der Waals surface area contributed by atoms with Crippen LogP contribution in [-0.4, -0.2) is 47.2 Å². The van der Waals surface area contributed by atoms with Crippen molar-refractivity contribution in [2.75, 3.05) is 25.0 Å². The molecule has 0 spiro atoms. The van der Waals surface area contributed by atoms with Gasteiger partial charge < -0.3 is 20.1 Å². The molecule has 1 amide bonds. The molecule has 3 aromatic rings. The number of allylic oxidation sites excluding steroid dienone is 4. The van der Waals surface area contributed by atoms with Crippen molar-refractivity contribution in [1.82, 2.24) is 20.3 Å². The van der Waals surface area contributed by atoms with Crippen LogP contribution in [0.4, 0.5) is 18.9 Å². The van der Waals surface area contributed by atoms with Crippen LogP contribution in [0.15, 0.2) is 73.0 Å². The number of nitrogens with one attached hydrogen (secondary N) is 2. The van der Waals surface area contributed by atoms with Gasteiger partial charge in [0.1, 0.15) is 17.1 Å². The van der Waals surface area contributed by atoms with Gasteiger partial charge in [0, 0.05) is 13.1 Å². The number of aromatic nitrogens is 3. The first-order chi connectivity index (χ1) is 17.9. The zero-order chi connectivity index (χ0) is 25.8. The third kappa shape index (κ3) is 5.27. The molecule has 1 fully saturated rings. The van der Waals surface area contributed by atoms with Crippen LogP contribution in [0.5, 0.6) is 5.75 Å². The smallest absolute Gasteiger partial charge is 0.387 e. The number of halogens is 3. The summed E-state index contributed by atoms with van der Waals surface area (Å²) in [5.74, 6) is -1.18. The number of nitrogens with zero attached hydrogens (tertiary/aromatic N) is 3. The maximum atomic E-state index is 14.8. The van der Waals surface area contributed by atoms with Crippen molar-refractivity contribution in [3.8, 4) is 5.75 Å². The lowest BCUT2D eigenvalue weighted by atomic mass is 9.84. The third-order valence-electron chi connectivity index (χ3n) is 6.30. The minimum absolute atomic E-state index is 0.0109. The molecule has 1 aliphatic heterocycles. The summed E-state index contributed by atoms with van der Waals surface area (Å²) in [5, 5.41) is 13.9. The highest BCUT2D eigenvalue weighted by Crippen LogP contribution is 2.35. The Labute approximate surface area is 210 Å².